The highest BCUT2D eigenvalue weighted by atomic mass is 35.5. The van der Waals surface area contributed by atoms with Gasteiger partial charge < -0.3 is 16.0 Å². The Morgan fingerprint density at radius 1 is 1.28 bits per heavy atom. The summed E-state index contributed by atoms with van der Waals surface area (Å²) in [6.07, 6.45) is 0. The minimum absolute atomic E-state index is 0. The molecule has 1 aromatic carbocycles. The van der Waals surface area contributed by atoms with Crippen LogP contribution in [0.4, 0.5) is 0 Å². The standard InChI is InChI=1S/C12H17N3O2.ClH/c1-14-7-12(17)15(9-11(13)16)8-10-5-3-2-4-6-10;/h2-6,14H,7-9H2,1H3,(H2,13,16);1H. The number of halogens is 1. The van der Waals surface area contributed by atoms with Crippen molar-refractivity contribution in [2.24, 2.45) is 5.73 Å². The van der Waals surface area contributed by atoms with Gasteiger partial charge in [0.05, 0.1) is 13.1 Å². The zero-order chi connectivity index (χ0) is 12.7. The van der Waals surface area contributed by atoms with Crippen molar-refractivity contribution < 1.29 is 9.59 Å². The molecule has 0 heterocycles. The number of nitrogens with zero attached hydrogens (tertiary/aromatic N) is 1. The lowest BCUT2D eigenvalue weighted by molar-refractivity contribution is -0.134. The summed E-state index contributed by atoms with van der Waals surface area (Å²) >= 11 is 0. The largest absolute Gasteiger partial charge is 0.368 e. The lowest BCUT2D eigenvalue weighted by Gasteiger charge is -2.21. The van der Waals surface area contributed by atoms with Crippen molar-refractivity contribution in [1.29, 1.82) is 0 Å². The topological polar surface area (TPSA) is 75.4 Å². The number of primary amides is 1. The second-order valence-electron chi connectivity index (χ2n) is 3.73. The fraction of sp³-hybridized carbons (Fsp3) is 0.333. The Kier molecular flexibility index (Phi) is 7.74. The Balaban J connectivity index is 0.00000289. The number of hydrogen-bond donors (Lipinski definition) is 2. The van der Waals surface area contributed by atoms with Crippen LogP contribution >= 0.6 is 12.4 Å². The number of benzene rings is 1. The van der Waals surface area contributed by atoms with Crippen LogP contribution in [0.25, 0.3) is 0 Å². The first-order valence-electron chi connectivity index (χ1n) is 5.38. The van der Waals surface area contributed by atoms with Crippen LogP contribution in [-0.4, -0.2) is 36.9 Å². The Hall–Kier alpha value is -1.59. The summed E-state index contributed by atoms with van der Waals surface area (Å²) in [4.78, 5) is 24.1. The van der Waals surface area contributed by atoms with Crippen molar-refractivity contribution >= 4 is 24.2 Å². The molecule has 3 N–H and O–H groups in total. The number of hydrogen-bond acceptors (Lipinski definition) is 3. The minimum Gasteiger partial charge on any atom is -0.368 e. The van der Waals surface area contributed by atoms with Gasteiger partial charge in [0.1, 0.15) is 0 Å². The maximum atomic E-state index is 11.7. The van der Waals surface area contributed by atoms with E-state index in [0.29, 0.717) is 6.54 Å². The first-order chi connectivity index (χ1) is 8.13. The van der Waals surface area contributed by atoms with E-state index in [2.05, 4.69) is 5.32 Å². The monoisotopic (exact) mass is 271 g/mol. The molecule has 0 aliphatic carbocycles. The molecule has 0 spiro atoms. The fourth-order valence-electron chi connectivity index (χ4n) is 1.49. The van der Waals surface area contributed by atoms with Gasteiger partial charge in [-0.15, -0.1) is 12.4 Å². The third kappa shape index (κ3) is 5.65. The van der Waals surface area contributed by atoms with E-state index in [1.807, 2.05) is 30.3 Å². The van der Waals surface area contributed by atoms with Crippen LogP contribution in [0.2, 0.25) is 0 Å². The molecule has 1 aromatic rings. The zero-order valence-corrected chi connectivity index (χ0v) is 11.1. The molecule has 0 aliphatic rings. The highest BCUT2D eigenvalue weighted by Gasteiger charge is 2.15. The minimum atomic E-state index is -0.509. The summed E-state index contributed by atoms with van der Waals surface area (Å²) < 4.78 is 0. The van der Waals surface area contributed by atoms with Gasteiger partial charge in [-0.25, -0.2) is 0 Å². The van der Waals surface area contributed by atoms with Crippen molar-refractivity contribution in [3.8, 4) is 0 Å². The van der Waals surface area contributed by atoms with E-state index in [1.165, 1.54) is 4.90 Å². The average Bonchev–Trinajstić information content (AvgIpc) is 2.29. The summed E-state index contributed by atoms with van der Waals surface area (Å²) in [6, 6.07) is 9.49. The van der Waals surface area contributed by atoms with E-state index in [0.717, 1.165) is 5.56 Å². The number of amides is 2. The third-order valence-corrected chi connectivity index (χ3v) is 2.24. The summed E-state index contributed by atoms with van der Waals surface area (Å²) in [7, 11) is 1.68. The molecule has 0 radical (unpaired) electrons. The molecule has 0 saturated heterocycles. The molecule has 5 nitrogen and oxygen atoms in total. The second kappa shape index (κ2) is 8.49. The first kappa shape index (κ1) is 16.4. The molecule has 1 rings (SSSR count). The van der Waals surface area contributed by atoms with Crippen LogP contribution in [0, 0.1) is 0 Å². The van der Waals surface area contributed by atoms with Gasteiger partial charge in [0.15, 0.2) is 0 Å². The van der Waals surface area contributed by atoms with Crippen LogP contribution in [0.15, 0.2) is 30.3 Å². The fourth-order valence-corrected chi connectivity index (χ4v) is 1.49. The molecular formula is C12H18ClN3O2. The van der Waals surface area contributed by atoms with Gasteiger partial charge in [-0.05, 0) is 12.6 Å². The second-order valence-corrected chi connectivity index (χ2v) is 3.73. The van der Waals surface area contributed by atoms with Crippen molar-refractivity contribution in [3.05, 3.63) is 35.9 Å². The number of nitrogens with one attached hydrogen (secondary N) is 1. The van der Waals surface area contributed by atoms with Crippen molar-refractivity contribution in [2.45, 2.75) is 6.54 Å². The van der Waals surface area contributed by atoms with Crippen molar-refractivity contribution in [1.82, 2.24) is 10.2 Å². The Morgan fingerprint density at radius 3 is 2.39 bits per heavy atom. The molecule has 0 saturated carbocycles. The third-order valence-electron chi connectivity index (χ3n) is 2.24. The van der Waals surface area contributed by atoms with Crippen molar-refractivity contribution in [3.63, 3.8) is 0 Å². The Labute approximate surface area is 113 Å². The first-order valence-corrected chi connectivity index (χ1v) is 5.38. The quantitative estimate of drug-likeness (QED) is 0.773. The summed E-state index contributed by atoms with van der Waals surface area (Å²) in [5.41, 5.74) is 6.10. The van der Waals surface area contributed by atoms with E-state index in [1.54, 1.807) is 7.05 Å². The molecule has 100 valence electrons. The predicted molar refractivity (Wildman–Crippen MR) is 72.2 cm³/mol. The van der Waals surface area contributed by atoms with Crippen LogP contribution in [0.5, 0.6) is 0 Å². The molecule has 0 aliphatic heterocycles. The summed E-state index contributed by atoms with van der Waals surface area (Å²) in [6.45, 7) is 0.528. The highest BCUT2D eigenvalue weighted by molar-refractivity contribution is 5.85. The smallest absolute Gasteiger partial charge is 0.237 e. The molecular weight excluding hydrogens is 254 g/mol. The van der Waals surface area contributed by atoms with Gasteiger partial charge in [0.2, 0.25) is 11.8 Å². The van der Waals surface area contributed by atoms with Gasteiger partial charge in [-0.2, -0.15) is 0 Å². The number of likely N-dealkylation sites (N-methyl/N-ethyl adjacent to an activating group) is 1. The van der Waals surface area contributed by atoms with Crippen LogP contribution in [0.3, 0.4) is 0 Å². The SMILES string of the molecule is CNCC(=O)N(CC(N)=O)Cc1ccccc1.Cl. The van der Waals surface area contributed by atoms with Gasteiger partial charge in [-0.3, -0.25) is 9.59 Å². The Morgan fingerprint density at radius 2 is 1.89 bits per heavy atom. The zero-order valence-electron chi connectivity index (χ0n) is 10.3. The van der Waals surface area contributed by atoms with Gasteiger partial charge in [-0.1, -0.05) is 30.3 Å². The predicted octanol–water partition coefficient (Wildman–Crippen LogP) is 0.142. The molecule has 0 aromatic heterocycles. The van der Waals surface area contributed by atoms with E-state index < -0.39 is 5.91 Å². The van der Waals surface area contributed by atoms with Gasteiger partial charge >= 0.3 is 0 Å². The molecule has 0 fully saturated rings. The molecule has 0 bridgehead atoms. The average molecular weight is 272 g/mol. The summed E-state index contributed by atoms with van der Waals surface area (Å²) in [5, 5.41) is 2.76. The Bertz CT molecular complexity index is 384. The van der Waals surface area contributed by atoms with Gasteiger partial charge in [0.25, 0.3) is 0 Å². The lowest BCUT2D eigenvalue weighted by Crippen LogP contribution is -2.41. The number of nitrogens with two attached hydrogens (primary N) is 1. The van der Waals surface area contributed by atoms with Crippen LogP contribution < -0.4 is 11.1 Å². The lowest BCUT2D eigenvalue weighted by atomic mass is 10.2. The highest BCUT2D eigenvalue weighted by Crippen LogP contribution is 2.04. The van der Waals surface area contributed by atoms with E-state index in [9.17, 15) is 9.59 Å². The number of rotatable bonds is 6. The van der Waals surface area contributed by atoms with E-state index in [-0.39, 0.29) is 31.4 Å². The molecule has 0 unspecified atom stereocenters. The van der Waals surface area contributed by atoms with Crippen LogP contribution in [0.1, 0.15) is 5.56 Å². The molecule has 0 atom stereocenters. The number of carbonyl (C=O) groups is 2. The maximum Gasteiger partial charge on any atom is 0.237 e. The maximum absolute atomic E-state index is 11.7. The number of carbonyl (C=O) groups excluding carboxylic acids is 2. The molecule has 18 heavy (non-hydrogen) atoms. The van der Waals surface area contributed by atoms with Crippen molar-refractivity contribution in [2.75, 3.05) is 20.1 Å². The molecule has 6 heteroatoms. The van der Waals surface area contributed by atoms with Crippen LogP contribution in [-0.2, 0) is 16.1 Å². The van der Waals surface area contributed by atoms with E-state index in [4.69, 9.17) is 5.73 Å². The molecule has 2 amide bonds. The summed E-state index contributed by atoms with van der Waals surface area (Å²) in [5.74, 6) is -0.652. The van der Waals surface area contributed by atoms with E-state index >= 15 is 0 Å². The van der Waals surface area contributed by atoms with Gasteiger partial charge in [0, 0.05) is 6.54 Å². The normalized spacial score (nSPS) is 9.39.